The van der Waals surface area contributed by atoms with E-state index in [1.807, 2.05) is 30.3 Å². The minimum atomic E-state index is -0.797. The van der Waals surface area contributed by atoms with E-state index in [1.54, 1.807) is 0 Å². The van der Waals surface area contributed by atoms with Gasteiger partial charge in [0.15, 0.2) is 0 Å². The van der Waals surface area contributed by atoms with Crippen LogP contribution >= 0.6 is 0 Å². The van der Waals surface area contributed by atoms with E-state index < -0.39 is 16.4 Å². The molecular weight excluding hydrogens is 292 g/mol. The largest absolute Gasteiger partial charge is 0.385 e. The second kappa shape index (κ2) is 5.32. The summed E-state index contributed by atoms with van der Waals surface area (Å²) < 4.78 is 12.1. The second-order valence-corrected chi connectivity index (χ2v) is 8.52. The summed E-state index contributed by atoms with van der Waals surface area (Å²) in [6.45, 7) is 0. The van der Waals surface area contributed by atoms with Crippen LogP contribution in [0, 0.1) is 0 Å². The van der Waals surface area contributed by atoms with Crippen molar-refractivity contribution in [3.05, 3.63) is 60.2 Å². The SMILES string of the molecule is O=S1C2CCC1CC(O)(c1ccc(-c3ccccc3)cc1)C2. The minimum Gasteiger partial charge on any atom is -0.385 e. The van der Waals surface area contributed by atoms with Crippen molar-refractivity contribution in [3.63, 3.8) is 0 Å². The van der Waals surface area contributed by atoms with Crippen LogP contribution < -0.4 is 0 Å². The smallest absolute Gasteiger partial charge is 0.0919 e. The van der Waals surface area contributed by atoms with Gasteiger partial charge < -0.3 is 5.11 Å². The summed E-state index contributed by atoms with van der Waals surface area (Å²) in [4.78, 5) is 0. The van der Waals surface area contributed by atoms with Crippen LogP contribution in [-0.2, 0) is 16.4 Å². The topological polar surface area (TPSA) is 37.3 Å². The molecule has 4 rings (SSSR count). The molecule has 2 fully saturated rings. The van der Waals surface area contributed by atoms with E-state index in [0.29, 0.717) is 12.8 Å². The predicted octanol–water partition coefficient (Wildman–Crippen LogP) is 3.61. The lowest BCUT2D eigenvalue weighted by Gasteiger charge is -2.36. The third kappa shape index (κ3) is 2.33. The summed E-state index contributed by atoms with van der Waals surface area (Å²) in [7, 11) is -0.733. The molecule has 0 spiro atoms. The third-order valence-electron chi connectivity index (χ3n) is 5.13. The lowest BCUT2D eigenvalue weighted by Crippen LogP contribution is -2.40. The van der Waals surface area contributed by atoms with Crippen LogP contribution in [-0.4, -0.2) is 19.8 Å². The van der Waals surface area contributed by atoms with E-state index in [0.717, 1.165) is 24.0 Å². The van der Waals surface area contributed by atoms with E-state index in [-0.39, 0.29) is 10.5 Å². The highest BCUT2D eigenvalue weighted by molar-refractivity contribution is 7.86. The van der Waals surface area contributed by atoms with Gasteiger partial charge in [-0.2, -0.15) is 0 Å². The summed E-state index contributed by atoms with van der Waals surface area (Å²) in [5.74, 6) is 0. The normalized spacial score (nSPS) is 33.8. The number of hydrogen-bond acceptors (Lipinski definition) is 2. The Bertz CT molecular complexity index is 677. The van der Waals surface area contributed by atoms with Crippen molar-refractivity contribution in [2.75, 3.05) is 0 Å². The Hall–Kier alpha value is -1.45. The number of aliphatic hydroxyl groups is 1. The fourth-order valence-electron chi connectivity index (χ4n) is 3.92. The van der Waals surface area contributed by atoms with Gasteiger partial charge in [-0.3, -0.25) is 4.21 Å². The van der Waals surface area contributed by atoms with E-state index in [1.165, 1.54) is 5.56 Å². The van der Waals surface area contributed by atoms with Crippen molar-refractivity contribution in [2.24, 2.45) is 0 Å². The van der Waals surface area contributed by atoms with Gasteiger partial charge >= 0.3 is 0 Å². The highest BCUT2D eigenvalue weighted by atomic mass is 32.2. The van der Waals surface area contributed by atoms with Gasteiger partial charge in [0.1, 0.15) is 0 Å². The standard InChI is InChI=1S/C19H20O2S/c20-19(12-17-10-11-18(13-19)22(17)21)16-8-6-15(7-9-16)14-4-2-1-3-5-14/h1-9,17-18,20H,10-13H2. The molecule has 2 aliphatic heterocycles. The number of rotatable bonds is 2. The molecule has 0 saturated carbocycles. The van der Waals surface area contributed by atoms with Crippen molar-refractivity contribution in [1.82, 2.24) is 0 Å². The summed E-state index contributed by atoms with van der Waals surface area (Å²) in [5, 5.41) is 11.4. The Morgan fingerprint density at radius 3 is 2.00 bits per heavy atom. The molecule has 2 heterocycles. The Kier molecular flexibility index (Phi) is 3.43. The number of benzene rings is 2. The highest BCUT2D eigenvalue weighted by Crippen LogP contribution is 2.45. The monoisotopic (exact) mass is 312 g/mol. The molecule has 2 atom stereocenters. The molecule has 22 heavy (non-hydrogen) atoms. The van der Waals surface area contributed by atoms with E-state index in [4.69, 9.17) is 0 Å². The van der Waals surface area contributed by atoms with Gasteiger partial charge in [-0.25, -0.2) is 0 Å². The van der Waals surface area contributed by atoms with Gasteiger partial charge in [0.25, 0.3) is 0 Å². The maximum absolute atomic E-state index is 12.1. The Morgan fingerprint density at radius 1 is 0.864 bits per heavy atom. The van der Waals surface area contributed by atoms with Crippen LogP contribution in [0.4, 0.5) is 0 Å². The quantitative estimate of drug-likeness (QED) is 0.919. The zero-order valence-electron chi connectivity index (χ0n) is 12.4. The fourth-order valence-corrected chi connectivity index (χ4v) is 6.08. The molecule has 2 unspecified atom stereocenters. The Balaban J connectivity index is 1.62. The van der Waals surface area contributed by atoms with Crippen LogP contribution in [0.2, 0.25) is 0 Å². The molecule has 0 radical (unpaired) electrons. The molecule has 3 heteroatoms. The van der Waals surface area contributed by atoms with Crippen molar-refractivity contribution in [2.45, 2.75) is 41.8 Å². The van der Waals surface area contributed by atoms with Crippen molar-refractivity contribution in [3.8, 4) is 11.1 Å². The van der Waals surface area contributed by atoms with Crippen molar-refractivity contribution < 1.29 is 9.32 Å². The first-order chi connectivity index (χ1) is 10.7. The fraction of sp³-hybridized carbons (Fsp3) is 0.368. The number of fused-ring (bicyclic) bond motifs is 2. The zero-order valence-corrected chi connectivity index (χ0v) is 13.3. The van der Waals surface area contributed by atoms with Gasteiger partial charge in [-0.15, -0.1) is 0 Å². The molecule has 2 saturated heterocycles. The molecule has 114 valence electrons. The van der Waals surface area contributed by atoms with Gasteiger partial charge in [0.2, 0.25) is 0 Å². The first kappa shape index (κ1) is 14.2. The molecule has 2 bridgehead atoms. The molecule has 2 aromatic carbocycles. The Morgan fingerprint density at radius 2 is 1.41 bits per heavy atom. The predicted molar refractivity (Wildman–Crippen MR) is 90.0 cm³/mol. The molecule has 2 aliphatic rings. The maximum Gasteiger partial charge on any atom is 0.0919 e. The van der Waals surface area contributed by atoms with Crippen LogP contribution in [0.1, 0.15) is 31.2 Å². The van der Waals surface area contributed by atoms with Crippen LogP contribution in [0.3, 0.4) is 0 Å². The van der Waals surface area contributed by atoms with Gasteiger partial charge in [-0.05, 0) is 42.4 Å². The average molecular weight is 312 g/mol. The average Bonchev–Trinajstić information content (AvgIpc) is 2.78. The lowest BCUT2D eigenvalue weighted by atomic mass is 9.85. The summed E-state index contributed by atoms with van der Waals surface area (Å²) in [5.41, 5.74) is 2.52. The molecule has 2 aromatic rings. The third-order valence-corrected chi connectivity index (χ3v) is 7.25. The van der Waals surface area contributed by atoms with E-state index >= 15 is 0 Å². The highest BCUT2D eigenvalue weighted by Gasteiger charge is 2.48. The molecule has 1 N–H and O–H groups in total. The van der Waals surface area contributed by atoms with Gasteiger partial charge in [0.05, 0.1) is 5.60 Å². The molecule has 0 aromatic heterocycles. The molecular formula is C19H20O2S. The molecule has 2 nitrogen and oxygen atoms in total. The van der Waals surface area contributed by atoms with E-state index in [2.05, 4.69) is 24.3 Å². The van der Waals surface area contributed by atoms with Crippen molar-refractivity contribution >= 4 is 10.8 Å². The molecule has 0 amide bonds. The van der Waals surface area contributed by atoms with Crippen LogP contribution in [0.15, 0.2) is 54.6 Å². The first-order valence-corrected chi connectivity index (χ1v) is 9.21. The van der Waals surface area contributed by atoms with E-state index in [9.17, 15) is 9.32 Å². The van der Waals surface area contributed by atoms with Crippen LogP contribution in [0.25, 0.3) is 11.1 Å². The number of hydrogen-bond donors (Lipinski definition) is 1. The first-order valence-electron chi connectivity index (χ1n) is 7.93. The summed E-state index contributed by atoms with van der Waals surface area (Å²) in [6.07, 6.45) is 3.28. The maximum atomic E-state index is 12.1. The van der Waals surface area contributed by atoms with Crippen LogP contribution in [0.5, 0.6) is 0 Å². The summed E-state index contributed by atoms with van der Waals surface area (Å²) >= 11 is 0. The minimum absolute atomic E-state index is 0.178. The van der Waals surface area contributed by atoms with Gasteiger partial charge in [0, 0.05) is 21.3 Å². The Labute approximate surface area is 133 Å². The molecule has 0 aliphatic carbocycles. The van der Waals surface area contributed by atoms with Crippen molar-refractivity contribution in [1.29, 1.82) is 0 Å². The second-order valence-electron chi connectivity index (χ2n) is 6.53. The lowest BCUT2D eigenvalue weighted by molar-refractivity contribution is 0.0185. The zero-order chi connectivity index (χ0) is 15.2. The van der Waals surface area contributed by atoms with Gasteiger partial charge in [-0.1, -0.05) is 54.6 Å². The summed E-state index contributed by atoms with van der Waals surface area (Å²) in [6, 6.07) is 18.5.